The van der Waals surface area contributed by atoms with E-state index in [1.807, 2.05) is 6.92 Å². The van der Waals surface area contributed by atoms with E-state index in [2.05, 4.69) is 13.8 Å². The van der Waals surface area contributed by atoms with Crippen LogP contribution in [0.4, 0.5) is 0 Å². The van der Waals surface area contributed by atoms with Gasteiger partial charge in [0.05, 0.1) is 11.6 Å². The molecule has 0 radical (unpaired) electrons. The SMILES string of the molecule is CC(C)CC(C)N(C)S(=O)(=O)c1cc(CO)ccc1Cl. The molecular formula is C14H22ClNO3S. The molecule has 114 valence electrons. The average Bonchev–Trinajstić information content (AvgIpc) is 2.37. The fraction of sp³-hybridized carbons (Fsp3) is 0.571. The summed E-state index contributed by atoms with van der Waals surface area (Å²) in [6.07, 6.45) is 0.771. The molecule has 1 aromatic rings. The standard InChI is InChI=1S/C14H22ClNO3S/c1-10(2)7-11(3)16(4)20(18,19)14-8-12(9-17)5-6-13(14)15/h5-6,8,10-11,17H,7,9H2,1-4H3. The van der Waals surface area contributed by atoms with Crippen molar-refractivity contribution < 1.29 is 13.5 Å². The Labute approximate surface area is 126 Å². The van der Waals surface area contributed by atoms with E-state index in [4.69, 9.17) is 16.7 Å². The summed E-state index contributed by atoms with van der Waals surface area (Å²) in [6, 6.07) is 4.42. The first-order valence-electron chi connectivity index (χ1n) is 6.57. The van der Waals surface area contributed by atoms with E-state index < -0.39 is 10.0 Å². The zero-order valence-electron chi connectivity index (χ0n) is 12.3. The van der Waals surface area contributed by atoms with Gasteiger partial charge in [-0.3, -0.25) is 0 Å². The van der Waals surface area contributed by atoms with Gasteiger partial charge in [0.25, 0.3) is 0 Å². The van der Waals surface area contributed by atoms with Crippen LogP contribution in [0.3, 0.4) is 0 Å². The molecule has 0 aliphatic carbocycles. The summed E-state index contributed by atoms with van der Waals surface area (Å²) in [7, 11) is -2.10. The first-order valence-corrected chi connectivity index (χ1v) is 8.39. The van der Waals surface area contributed by atoms with Crippen LogP contribution in [0.25, 0.3) is 0 Å². The highest BCUT2D eigenvalue weighted by atomic mass is 35.5. The smallest absolute Gasteiger partial charge is 0.244 e. The van der Waals surface area contributed by atoms with Crippen LogP contribution in [0.1, 0.15) is 32.8 Å². The lowest BCUT2D eigenvalue weighted by Gasteiger charge is -2.26. The number of nitrogens with zero attached hydrogens (tertiary/aromatic N) is 1. The molecule has 0 amide bonds. The third-order valence-corrected chi connectivity index (χ3v) is 5.72. The molecular weight excluding hydrogens is 298 g/mol. The topological polar surface area (TPSA) is 57.6 Å². The van der Waals surface area contributed by atoms with Crippen molar-refractivity contribution in [3.63, 3.8) is 0 Å². The first-order chi connectivity index (χ1) is 9.20. The molecule has 0 saturated carbocycles. The second kappa shape index (κ2) is 6.89. The molecule has 1 atom stereocenters. The Morgan fingerprint density at radius 3 is 2.40 bits per heavy atom. The number of hydrogen-bond acceptors (Lipinski definition) is 3. The molecule has 1 N–H and O–H groups in total. The maximum atomic E-state index is 12.6. The van der Waals surface area contributed by atoms with Crippen molar-refractivity contribution >= 4 is 21.6 Å². The summed E-state index contributed by atoms with van der Waals surface area (Å²) in [6.45, 7) is 5.76. The van der Waals surface area contributed by atoms with Gasteiger partial charge in [-0.2, -0.15) is 4.31 Å². The lowest BCUT2D eigenvalue weighted by atomic mass is 10.1. The predicted octanol–water partition coefficient (Wildman–Crippen LogP) is 2.89. The van der Waals surface area contributed by atoms with Gasteiger partial charge in [-0.25, -0.2) is 8.42 Å². The van der Waals surface area contributed by atoms with E-state index in [0.29, 0.717) is 11.5 Å². The summed E-state index contributed by atoms with van der Waals surface area (Å²) in [5.74, 6) is 0.405. The Bertz CT molecular complexity index is 558. The van der Waals surface area contributed by atoms with Gasteiger partial charge >= 0.3 is 0 Å². The summed E-state index contributed by atoms with van der Waals surface area (Å²) in [5, 5.41) is 9.31. The van der Waals surface area contributed by atoms with Gasteiger partial charge in [-0.05, 0) is 37.0 Å². The first kappa shape index (κ1) is 17.4. The molecule has 20 heavy (non-hydrogen) atoms. The number of aliphatic hydroxyl groups is 1. The maximum absolute atomic E-state index is 12.6. The van der Waals surface area contributed by atoms with Gasteiger partial charge in [0.1, 0.15) is 4.90 Å². The molecule has 1 rings (SSSR count). The zero-order chi connectivity index (χ0) is 15.5. The van der Waals surface area contributed by atoms with Crippen LogP contribution in [0, 0.1) is 5.92 Å². The molecule has 0 saturated heterocycles. The van der Waals surface area contributed by atoms with Crippen molar-refractivity contribution in [2.45, 2.75) is 44.7 Å². The van der Waals surface area contributed by atoms with Gasteiger partial charge in [0.15, 0.2) is 0 Å². The Kier molecular flexibility index (Phi) is 6.01. The average molecular weight is 320 g/mol. The van der Waals surface area contributed by atoms with Crippen LogP contribution < -0.4 is 0 Å². The number of aliphatic hydroxyl groups excluding tert-OH is 1. The highest BCUT2D eigenvalue weighted by Gasteiger charge is 2.28. The molecule has 6 heteroatoms. The minimum atomic E-state index is -3.66. The minimum absolute atomic E-state index is 0.0452. The monoisotopic (exact) mass is 319 g/mol. The van der Waals surface area contributed by atoms with Crippen molar-refractivity contribution in [2.24, 2.45) is 5.92 Å². The number of halogens is 1. The summed E-state index contributed by atoms with van der Waals surface area (Å²) < 4.78 is 26.6. The maximum Gasteiger partial charge on any atom is 0.244 e. The van der Waals surface area contributed by atoms with Crippen LogP contribution in [0.2, 0.25) is 5.02 Å². The van der Waals surface area contributed by atoms with E-state index in [0.717, 1.165) is 6.42 Å². The Morgan fingerprint density at radius 1 is 1.30 bits per heavy atom. The normalized spacial score (nSPS) is 14.0. The fourth-order valence-corrected chi connectivity index (χ4v) is 3.96. The van der Waals surface area contributed by atoms with Gasteiger partial charge in [0.2, 0.25) is 10.0 Å². The predicted molar refractivity (Wildman–Crippen MR) is 81.2 cm³/mol. The Morgan fingerprint density at radius 2 is 1.90 bits per heavy atom. The molecule has 0 aromatic heterocycles. The van der Waals surface area contributed by atoms with Crippen LogP contribution in [0.15, 0.2) is 23.1 Å². The van der Waals surface area contributed by atoms with E-state index >= 15 is 0 Å². The van der Waals surface area contributed by atoms with Crippen molar-refractivity contribution in [3.05, 3.63) is 28.8 Å². The molecule has 0 aliphatic rings. The van der Waals surface area contributed by atoms with E-state index in [1.165, 1.54) is 16.4 Å². The van der Waals surface area contributed by atoms with Crippen molar-refractivity contribution in [1.82, 2.24) is 4.31 Å². The van der Waals surface area contributed by atoms with Gasteiger partial charge in [-0.1, -0.05) is 31.5 Å². The van der Waals surface area contributed by atoms with E-state index in [9.17, 15) is 8.42 Å². The molecule has 1 aromatic carbocycles. The van der Waals surface area contributed by atoms with Crippen LogP contribution in [-0.2, 0) is 16.6 Å². The summed E-state index contributed by atoms with van der Waals surface area (Å²) in [5.41, 5.74) is 0.526. The summed E-state index contributed by atoms with van der Waals surface area (Å²) >= 11 is 6.00. The minimum Gasteiger partial charge on any atom is -0.392 e. The Hall–Kier alpha value is -0.620. The molecule has 0 spiro atoms. The lowest BCUT2D eigenvalue weighted by Crippen LogP contribution is -2.36. The highest BCUT2D eigenvalue weighted by Crippen LogP contribution is 2.27. The van der Waals surface area contributed by atoms with Crippen LogP contribution in [-0.4, -0.2) is 30.9 Å². The molecule has 0 bridgehead atoms. The fourth-order valence-electron chi connectivity index (χ4n) is 2.07. The zero-order valence-corrected chi connectivity index (χ0v) is 13.9. The van der Waals surface area contributed by atoms with Crippen molar-refractivity contribution in [2.75, 3.05) is 7.05 Å². The van der Waals surface area contributed by atoms with Crippen molar-refractivity contribution in [1.29, 1.82) is 0 Å². The van der Waals surface area contributed by atoms with Gasteiger partial charge in [0, 0.05) is 13.1 Å². The number of hydrogen-bond donors (Lipinski definition) is 1. The second-order valence-corrected chi connectivity index (χ2v) is 7.80. The van der Waals surface area contributed by atoms with E-state index in [-0.39, 0.29) is 22.6 Å². The third-order valence-electron chi connectivity index (χ3n) is 3.27. The number of rotatable bonds is 6. The molecule has 0 heterocycles. The quantitative estimate of drug-likeness (QED) is 0.877. The van der Waals surface area contributed by atoms with Gasteiger partial charge in [-0.15, -0.1) is 0 Å². The molecule has 0 fully saturated rings. The lowest BCUT2D eigenvalue weighted by molar-refractivity contribution is 0.281. The Balaban J connectivity index is 3.16. The number of benzene rings is 1. The van der Waals surface area contributed by atoms with Crippen LogP contribution >= 0.6 is 11.6 Å². The highest BCUT2D eigenvalue weighted by molar-refractivity contribution is 7.89. The molecule has 4 nitrogen and oxygen atoms in total. The molecule has 0 aliphatic heterocycles. The molecule has 1 unspecified atom stereocenters. The van der Waals surface area contributed by atoms with Crippen LogP contribution in [0.5, 0.6) is 0 Å². The number of sulfonamides is 1. The third kappa shape index (κ3) is 3.95. The van der Waals surface area contributed by atoms with Crippen molar-refractivity contribution in [3.8, 4) is 0 Å². The summed E-state index contributed by atoms with van der Waals surface area (Å²) in [4.78, 5) is 0.0452. The van der Waals surface area contributed by atoms with E-state index in [1.54, 1.807) is 13.1 Å². The van der Waals surface area contributed by atoms with Gasteiger partial charge < -0.3 is 5.11 Å². The largest absolute Gasteiger partial charge is 0.392 e. The second-order valence-electron chi connectivity index (χ2n) is 5.42.